The van der Waals surface area contributed by atoms with Crippen LogP contribution in [0, 0.1) is 5.92 Å². The van der Waals surface area contributed by atoms with E-state index in [0.29, 0.717) is 13.1 Å². The normalized spacial score (nSPS) is 20.8. The molecule has 1 heterocycles. The molecule has 2 aromatic rings. The van der Waals surface area contributed by atoms with Gasteiger partial charge in [-0.3, -0.25) is 4.79 Å². The number of benzene rings is 2. The van der Waals surface area contributed by atoms with E-state index in [1.165, 1.54) is 0 Å². The molecule has 3 rings (SSSR count). The molecule has 0 aliphatic carbocycles. The lowest BCUT2D eigenvalue weighted by Gasteiger charge is -2.18. The van der Waals surface area contributed by atoms with Gasteiger partial charge >= 0.3 is 0 Å². The molecule has 0 spiro atoms. The van der Waals surface area contributed by atoms with Crippen molar-refractivity contribution in [2.75, 3.05) is 13.1 Å². The van der Waals surface area contributed by atoms with Crippen LogP contribution in [-0.4, -0.2) is 19.0 Å². The van der Waals surface area contributed by atoms with Crippen LogP contribution in [-0.2, 0) is 11.3 Å². The minimum atomic E-state index is -0.0371. The van der Waals surface area contributed by atoms with E-state index in [-0.39, 0.29) is 17.7 Å². The summed E-state index contributed by atoms with van der Waals surface area (Å²) in [6, 6.07) is 17.8. The Morgan fingerprint density at radius 1 is 1.09 bits per heavy atom. The first kappa shape index (κ1) is 15.1. The lowest BCUT2D eigenvalue weighted by molar-refractivity contribution is -0.125. The van der Waals surface area contributed by atoms with Crippen LogP contribution in [0.25, 0.3) is 0 Å². The maximum atomic E-state index is 12.5. The van der Waals surface area contributed by atoms with Crippen LogP contribution < -0.4 is 10.6 Å². The van der Waals surface area contributed by atoms with E-state index < -0.39 is 0 Å². The van der Waals surface area contributed by atoms with Gasteiger partial charge in [0.15, 0.2) is 0 Å². The predicted molar refractivity (Wildman–Crippen MR) is 88.8 cm³/mol. The lowest BCUT2D eigenvalue weighted by atomic mass is 9.88. The van der Waals surface area contributed by atoms with Gasteiger partial charge in [-0.2, -0.15) is 0 Å². The second-order valence-electron chi connectivity index (χ2n) is 5.63. The fraction of sp³-hybridized carbons (Fsp3) is 0.278. The Morgan fingerprint density at radius 2 is 1.82 bits per heavy atom. The van der Waals surface area contributed by atoms with Crippen molar-refractivity contribution in [3.05, 3.63) is 70.7 Å². The van der Waals surface area contributed by atoms with Gasteiger partial charge in [-0.15, -0.1) is 0 Å². The number of nitrogens with one attached hydrogen (secondary N) is 2. The van der Waals surface area contributed by atoms with Crippen molar-refractivity contribution in [3.8, 4) is 0 Å². The number of hydrogen-bond donors (Lipinski definition) is 2. The quantitative estimate of drug-likeness (QED) is 0.911. The second-order valence-corrected chi connectivity index (χ2v) is 6.06. The van der Waals surface area contributed by atoms with E-state index in [1.54, 1.807) is 0 Å². The molecule has 2 aromatic carbocycles. The highest BCUT2D eigenvalue weighted by Crippen LogP contribution is 2.29. The average molecular weight is 315 g/mol. The summed E-state index contributed by atoms with van der Waals surface area (Å²) in [6.45, 7) is 2.11. The summed E-state index contributed by atoms with van der Waals surface area (Å²) in [5.41, 5.74) is 2.28. The number of halogens is 1. The molecule has 1 aliphatic rings. The van der Waals surface area contributed by atoms with E-state index in [0.717, 1.165) is 22.7 Å². The summed E-state index contributed by atoms with van der Waals surface area (Å²) in [6.07, 6.45) is 0. The standard InChI is InChI=1S/C18H19ClN2O/c19-15-8-6-14(7-9-15)16-11-20-12-17(16)18(22)21-10-13-4-2-1-3-5-13/h1-9,16-17,20H,10-12H2,(H,21,22)/t16?,17-/m1/s1. The Hall–Kier alpha value is -1.84. The molecule has 0 radical (unpaired) electrons. The van der Waals surface area contributed by atoms with Gasteiger partial charge in [-0.1, -0.05) is 54.1 Å². The SMILES string of the molecule is O=C(NCc1ccccc1)[C@@H]1CNCC1c1ccc(Cl)cc1. The van der Waals surface area contributed by atoms with Crippen molar-refractivity contribution < 1.29 is 4.79 Å². The highest BCUT2D eigenvalue weighted by molar-refractivity contribution is 6.30. The molecule has 1 saturated heterocycles. The van der Waals surface area contributed by atoms with Crippen LogP contribution in [0.2, 0.25) is 5.02 Å². The third-order valence-corrected chi connectivity index (χ3v) is 4.41. The summed E-state index contributed by atoms with van der Waals surface area (Å²) in [4.78, 5) is 12.5. The van der Waals surface area contributed by atoms with Crippen LogP contribution in [0.4, 0.5) is 0 Å². The number of rotatable bonds is 4. The van der Waals surface area contributed by atoms with Gasteiger partial charge in [-0.05, 0) is 23.3 Å². The maximum Gasteiger partial charge on any atom is 0.225 e. The molecule has 0 aromatic heterocycles. The average Bonchev–Trinajstić information content (AvgIpc) is 3.04. The number of carbonyl (C=O) groups excluding carboxylic acids is 1. The van der Waals surface area contributed by atoms with Crippen molar-refractivity contribution in [1.82, 2.24) is 10.6 Å². The molecule has 1 unspecified atom stereocenters. The highest BCUT2D eigenvalue weighted by Gasteiger charge is 2.33. The van der Waals surface area contributed by atoms with E-state index in [4.69, 9.17) is 11.6 Å². The third-order valence-electron chi connectivity index (χ3n) is 4.16. The van der Waals surface area contributed by atoms with Crippen molar-refractivity contribution in [2.45, 2.75) is 12.5 Å². The molecule has 22 heavy (non-hydrogen) atoms. The van der Waals surface area contributed by atoms with Crippen molar-refractivity contribution in [1.29, 1.82) is 0 Å². The lowest BCUT2D eigenvalue weighted by Crippen LogP contribution is -2.34. The zero-order valence-corrected chi connectivity index (χ0v) is 13.0. The zero-order valence-electron chi connectivity index (χ0n) is 12.3. The van der Waals surface area contributed by atoms with Gasteiger partial charge in [0.05, 0.1) is 5.92 Å². The molecular weight excluding hydrogens is 296 g/mol. The van der Waals surface area contributed by atoms with Crippen LogP contribution in [0.5, 0.6) is 0 Å². The largest absolute Gasteiger partial charge is 0.352 e. The number of amides is 1. The smallest absolute Gasteiger partial charge is 0.225 e. The first-order valence-corrected chi connectivity index (χ1v) is 7.89. The van der Waals surface area contributed by atoms with Gasteiger partial charge < -0.3 is 10.6 Å². The van der Waals surface area contributed by atoms with Crippen molar-refractivity contribution >= 4 is 17.5 Å². The molecule has 1 fully saturated rings. The third kappa shape index (κ3) is 3.49. The maximum absolute atomic E-state index is 12.5. The molecule has 2 atom stereocenters. The van der Waals surface area contributed by atoms with Gasteiger partial charge in [0.2, 0.25) is 5.91 Å². The van der Waals surface area contributed by atoms with E-state index in [2.05, 4.69) is 10.6 Å². The van der Waals surface area contributed by atoms with Gasteiger partial charge in [0.25, 0.3) is 0 Å². The summed E-state index contributed by atoms with van der Waals surface area (Å²) in [5, 5.41) is 7.09. The van der Waals surface area contributed by atoms with E-state index >= 15 is 0 Å². The van der Waals surface area contributed by atoms with Crippen LogP contribution in [0.1, 0.15) is 17.0 Å². The van der Waals surface area contributed by atoms with E-state index in [1.807, 2.05) is 54.6 Å². The Kier molecular flexibility index (Phi) is 4.76. The van der Waals surface area contributed by atoms with Crippen molar-refractivity contribution in [3.63, 3.8) is 0 Å². The Balaban J connectivity index is 1.65. The summed E-state index contributed by atoms with van der Waals surface area (Å²) < 4.78 is 0. The first-order chi connectivity index (χ1) is 10.7. The Bertz CT molecular complexity index is 627. The molecule has 4 heteroatoms. The molecule has 2 N–H and O–H groups in total. The minimum absolute atomic E-state index is 0.0371. The number of hydrogen-bond acceptors (Lipinski definition) is 2. The predicted octanol–water partition coefficient (Wildman–Crippen LogP) is 2.96. The molecule has 1 amide bonds. The number of carbonyl (C=O) groups is 1. The molecule has 114 valence electrons. The van der Waals surface area contributed by atoms with E-state index in [9.17, 15) is 4.79 Å². The zero-order chi connectivity index (χ0) is 15.4. The Labute approximate surface area is 135 Å². The van der Waals surface area contributed by atoms with Crippen LogP contribution in [0.3, 0.4) is 0 Å². The van der Waals surface area contributed by atoms with Crippen LogP contribution >= 0.6 is 11.6 Å². The highest BCUT2D eigenvalue weighted by atomic mass is 35.5. The summed E-state index contributed by atoms with van der Waals surface area (Å²) in [5.74, 6) is 0.270. The summed E-state index contributed by atoms with van der Waals surface area (Å²) >= 11 is 5.94. The van der Waals surface area contributed by atoms with Gasteiger partial charge in [0.1, 0.15) is 0 Å². The molecule has 3 nitrogen and oxygen atoms in total. The topological polar surface area (TPSA) is 41.1 Å². The van der Waals surface area contributed by atoms with Crippen LogP contribution in [0.15, 0.2) is 54.6 Å². The molecule has 0 saturated carbocycles. The van der Waals surface area contributed by atoms with Gasteiger partial charge in [-0.25, -0.2) is 0 Å². The second kappa shape index (κ2) is 6.95. The monoisotopic (exact) mass is 314 g/mol. The Morgan fingerprint density at radius 3 is 2.55 bits per heavy atom. The fourth-order valence-corrected chi connectivity index (χ4v) is 3.06. The summed E-state index contributed by atoms with van der Waals surface area (Å²) in [7, 11) is 0. The molecular formula is C18H19ClN2O. The first-order valence-electron chi connectivity index (χ1n) is 7.52. The minimum Gasteiger partial charge on any atom is -0.352 e. The molecule has 1 aliphatic heterocycles. The van der Waals surface area contributed by atoms with Gasteiger partial charge in [0, 0.05) is 30.6 Å². The van der Waals surface area contributed by atoms with Crippen molar-refractivity contribution in [2.24, 2.45) is 5.92 Å². The molecule has 0 bridgehead atoms. The fourth-order valence-electron chi connectivity index (χ4n) is 2.93.